The predicted octanol–water partition coefficient (Wildman–Crippen LogP) is -3.61. The zero-order valence-electron chi connectivity index (χ0n) is 6.64. The van der Waals surface area contributed by atoms with E-state index in [1.165, 1.54) is 0 Å². The van der Waals surface area contributed by atoms with Crippen LogP contribution in [0.15, 0.2) is 0 Å². The molecule has 1 heterocycles. The van der Waals surface area contributed by atoms with Crippen LogP contribution in [0.3, 0.4) is 0 Å². The van der Waals surface area contributed by atoms with Crippen molar-refractivity contribution < 1.29 is 29.9 Å². The Morgan fingerprint density at radius 3 is 1.67 bits per heavy atom. The molecule has 0 aliphatic carbocycles. The van der Waals surface area contributed by atoms with Crippen molar-refractivity contribution in [1.29, 1.82) is 0 Å². The zero-order valence-corrected chi connectivity index (χ0v) is 9.74. The molecule has 1 saturated heterocycles. The van der Waals surface area contributed by atoms with Gasteiger partial charge in [0.25, 0.3) is 8.25 Å². The van der Waals surface area contributed by atoms with Crippen LogP contribution in [0.25, 0.3) is 0 Å². The van der Waals surface area contributed by atoms with Crippen LogP contribution in [0, 0.1) is 0 Å². The first-order valence-electron chi connectivity index (χ1n) is 2.94. The van der Waals surface area contributed by atoms with E-state index in [2.05, 4.69) is 5.32 Å². The van der Waals surface area contributed by atoms with E-state index in [4.69, 9.17) is 19.1 Å². The van der Waals surface area contributed by atoms with Gasteiger partial charge in [0.2, 0.25) is 0 Å². The molecule has 1 fully saturated rings. The van der Waals surface area contributed by atoms with Crippen molar-refractivity contribution in [2.45, 2.75) is 0 Å². The van der Waals surface area contributed by atoms with Gasteiger partial charge in [-0.15, -0.1) is 0 Å². The van der Waals surface area contributed by atoms with Gasteiger partial charge >= 0.3 is 37.7 Å². The number of ether oxygens (including phenoxy) is 1. The maximum absolute atomic E-state index is 8.48. The van der Waals surface area contributed by atoms with E-state index in [-0.39, 0.29) is 43.2 Å². The Morgan fingerprint density at radius 1 is 1.25 bits per heavy atom. The van der Waals surface area contributed by atoms with Crippen LogP contribution in [-0.2, 0) is 9.30 Å². The van der Waals surface area contributed by atoms with E-state index in [0.717, 1.165) is 26.3 Å². The minimum absolute atomic E-state index is 0. The number of quaternary nitrogens is 1. The van der Waals surface area contributed by atoms with Crippen molar-refractivity contribution in [1.82, 2.24) is 0 Å². The monoisotopic (exact) mass is 224 g/mol. The summed E-state index contributed by atoms with van der Waals surface area (Å²) in [5, 5.41) is 2.27. The topological polar surface area (TPSA) is 119 Å². The minimum Gasteiger partial charge on any atom is -0.870 e. The second kappa shape index (κ2) is 14.7. The van der Waals surface area contributed by atoms with E-state index in [1.807, 2.05) is 0 Å². The quantitative estimate of drug-likeness (QED) is 0.336. The fraction of sp³-hybridized carbons (Fsp3) is 1.00. The summed E-state index contributed by atoms with van der Waals surface area (Å²) in [6.07, 6.45) is 0. The summed E-state index contributed by atoms with van der Waals surface area (Å²) < 4.78 is 13.5. The molecule has 8 heteroatoms. The van der Waals surface area contributed by atoms with Gasteiger partial charge in [-0.1, -0.05) is 4.57 Å². The van der Waals surface area contributed by atoms with Crippen molar-refractivity contribution in [3.05, 3.63) is 0 Å². The molecule has 0 aromatic carbocycles. The first kappa shape index (κ1) is 18.9. The molecule has 0 aromatic heterocycles. The second-order valence-electron chi connectivity index (χ2n) is 1.70. The summed E-state index contributed by atoms with van der Waals surface area (Å²) >= 11 is 0. The van der Waals surface area contributed by atoms with Gasteiger partial charge in [-0.25, -0.2) is 0 Å². The normalized spacial score (nSPS) is 14.2. The van der Waals surface area contributed by atoms with Crippen LogP contribution in [0.4, 0.5) is 0 Å². The first-order valence-corrected chi connectivity index (χ1v) is 4.04. The molecule has 0 amide bonds. The van der Waals surface area contributed by atoms with Gasteiger partial charge in [0.05, 0.1) is 26.3 Å². The molecule has 6 nitrogen and oxygen atoms in total. The van der Waals surface area contributed by atoms with Gasteiger partial charge in [0, 0.05) is 0 Å². The Balaban J connectivity index is -0.000000124. The van der Waals surface area contributed by atoms with Crippen LogP contribution in [0.2, 0.25) is 0 Å². The minimum atomic E-state index is -3.37. The fourth-order valence-corrected chi connectivity index (χ4v) is 0.580. The number of rotatable bonds is 0. The van der Waals surface area contributed by atoms with Crippen molar-refractivity contribution in [3.63, 3.8) is 0 Å². The molecule has 1 aliphatic rings. The number of nitrogens with two attached hydrogens (primary N) is 1. The van der Waals surface area contributed by atoms with Gasteiger partial charge in [0.1, 0.15) is 0 Å². The van der Waals surface area contributed by atoms with Crippen LogP contribution >= 0.6 is 8.25 Å². The summed E-state index contributed by atoms with van der Waals surface area (Å²) in [7, 11) is -3.37. The molecule has 0 atom stereocenters. The molecule has 0 aromatic rings. The molecule has 68 valence electrons. The molecule has 0 radical (unpaired) electrons. The Hall–Kier alpha value is 1.16. The molecular formula is C4H11CaNO5P+. The van der Waals surface area contributed by atoms with Crippen LogP contribution in [0.5, 0.6) is 0 Å². The molecule has 1 aliphatic heterocycles. The van der Waals surface area contributed by atoms with Crippen LogP contribution in [0.1, 0.15) is 0 Å². The standard InChI is InChI=1S/C4H9NO.Ca.HO3P.H2O/c1-3-6-4-2-5-1;;1-4(2)3;/h5H,1-4H2;;(H,1,2,3);1H2/q;+2;;/p-1. The summed E-state index contributed by atoms with van der Waals surface area (Å²) in [6, 6.07) is 0. The van der Waals surface area contributed by atoms with E-state index >= 15 is 0 Å². The smallest absolute Gasteiger partial charge is 0.870 e. The fourth-order valence-electron chi connectivity index (χ4n) is 0.580. The van der Waals surface area contributed by atoms with Crippen molar-refractivity contribution in [2.75, 3.05) is 26.3 Å². The molecule has 0 unspecified atom stereocenters. The average Bonchev–Trinajstić information content (AvgIpc) is 1.90. The molecule has 1 rings (SSSR count). The molecule has 0 bridgehead atoms. The third-order valence-corrected chi connectivity index (χ3v) is 0.933. The Morgan fingerprint density at radius 2 is 1.58 bits per heavy atom. The van der Waals surface area contributed by atoms with Crippen molar-refractivity contribution in [3.8, 4) is 0 Å². The third-order valence-electron chi connectivity index (χ3n) is 0.933. The largest absolute Gasteiger partial charge is 2.00 e. The SMILES string of the molecule is C1COCC[NH2+]1.O=[P+]([O-])[O-].[Ca+2].[OH-]. The van der Waals surface area contributed by atoms with Crippen LogP contribution in [-0.4, -0.2) is 69.5 Å². The summed E-state index contributed by atoms with van der Waals surface area (Å²) in [5.74, 6) is 0. The van der Waals surface area contributed by atoms with E-state index in [9.17, 15) is 0 Å². The van der Waals surface area contributed by atoms with E-state index in [1.54, 1.807) is 0 Å². The van der Waals surface area contributed by atoms with Gasteiger partial charge in [-0.2, -0.15) is 0 Å². The molecule has 0 spiro atoms. The maximum Gasteiger partial charge on any atom is 2.00 e. The molecule has 3 N–H and O–H groups in total. The van der Waals surface area contributed by atoms with Gasteiger partial charge < -0.3 is 25.3 Å². The van der Waals surface area contributed by atoms with Crippen LogP contribution < -0.4 is 15.1 Å². The zero-order chi connectivity index (χ0) is 7.82. The number of hydrogen-bond acceptors (Lipinski definition) is 5. The Bertz CT molecular complexity index is 85.9. The van der Waals surface area contributed by atoms with Crippen molar-refractivity contribution >= 4 is 46.0 Å². The summed E-state index contributed by atoms with van der Waals surface area (Å²) in [4.78, 5) is 17.0. The Kier molecular flexibility index (Phi) is 23.0. The third kappa shape index (κ3) is 22.5. The van der Waals surface area contributed by atoms with Crippen molar-refractivity contribution in [2.24, 2.45) is 0 Å². The van der Waals surface area contributed by atoms with Gasteiger partial charge in [0.15, 0.2) is 0 Å². The molecular weight excluding hydrogens is 213 g/mol. The summed E-state index contributed by atoms with van der Waals surface area (Å²) in [6.45, 7) is 4.19. The average molecular weight is 224 g/mol. The molecule has 0 saturated carbocycles. The number of morpholine rings is 1. The second-order valence-corrected chi connectivity index (χ2v) is 2.15. The van der Waals surface area contributed by atoms with E-state index in [0.29, 0.717) is 0 Å². The summed E-state index contributed by atoms with van der Waals surface area (Å²) in [5.41, 5.74) is 0. The first-order chi connectivity index (χ1) is 4.73. The van der Waals surface area contributed by atoms with E-state index < -0.39 is 8.25 Å². The maximum atomic E-state index is 8.48. The molecule has 12 heavy (non-hydrogen) atoms. The predicted molar refractivity (Wildman–Crippen MR) is 37.8 cm³/mol. The Labute approximate surface area is 102 Å². The number of hydrogen-bond donors (Lipinski definition) is 1. The van der Waals surface area contributed by atoms with Gasteiger partial charge in [-0.05, 0) is 0 Å². The van der Waals surface area contributed by atoms with Gasteiger partial charge in [-0.3, -0.25) is 0 Å².